The zero-order chi connectivity index (χ0) is 21.1. The van der Waals surface area contributed by atoms with Gasteiger partial charge >= 0.3 is 0 Å². The Hall–Kier alpha value is -3.44. The van der Waals surface area contributed by atoms with E-state index in [0.29, 0.717) is 16.4 Å². The molecule has 0 bridgehead atoms. The number of aryl methyl sites for hydroxylation is 1. The lowest BCUT2D eigenvalue weighted by Crippen LogP contribution is -2.30. The minimum Gasteiger partial charge on any atom is -0.322 e. The van der Waals surface area contributed by atoms with E-state index in [0.717, 1.165) is 22.9 Å². The maximum Gasteiger partial charge on any atom is 0.265 e. The number of carbonyl (C=O) groups is 1. The summed E-state index contributed by atoms with van der Waals surface area (Å²) in [6, 6.07) is 20.1. The van der Waals surface area contributed by atoms with E-state index in [4.69, 9.17) is 11.6 Å². The van der Waals surface area contributed by atoms with Gasteiger partial charge in [-0.15, -0.1) is 0 Å². The van der Waals surface area contributed by atoms with E-state index in [1.807, 2.05) is 49.4 Å². The Bertz CT molecular complexity index is 1280. The number of rotatable bonds is 5. The first kappa shape index (κ1) is 19.9. The van der Waals surface area contributed by atoms with Crippen molar-refractivity contribution in [3.8, 4) is 0 Å². The molecule has 2 heterocycles. The summed E-state index contributed by atoms with van der Waals surface area (Å²) in [5.41, 5.74) is 2.83. The van der Waals surface area contributed by atoms with Crippen LogP contribution in [0.15, 0.2) is 77.7 Å². The normalized spacial score (nSPS) is 10.9. The molecule has 0 radical (unpaired) electrons. The molecule has 0 spiro atoms. The van der Waals surface area contributed by atoms with E-state index in [9.17, 15) is 9.59 Å². The summed E-state index contributed by atoms with van der Waals surface area (Å²) in [5, 5.41) is 4.24. The molecule has 4 rings (SSSR count). The average Bonchev–Trinajstić information content (AvgIpc) is 2.77. The molecule has 0 atom stereocenters. The molecule has 0 aliphatic rings. The number of carbonyl (C=O) groups excluding carboxylic acids is 1. The van der Waals surface area contributed by atoms with Crippen molar-refractivity contribution in [2.75, 3.05) is 5.32 Å². The van der Waals surface area contributed by atoms with Crippen LogP contribution in [0.25, 0.3) is 11.0 Å². The first-order valence-corrected chi connectivity index (χ1v) is 10.1. The van der Waals surface area contributed by atoms with Crippen molar-refractivity contribution in [2.24, 2.45) is 0 Å². The van der Waals surface area contributed by atoms with E-state index in [1.165, 1.54) is 4.57 Å². The van der Waals surface area contributed by atoms with Gasteiger partial charge in [-0.25, -0.2) is 4.98 Å². The lowest BCUT2D eigenvalue weighted by molar-refractivity contribution is 0.102. The Morgan fingerprint density at radius 2 is 1.83 bits per heavy atom. The van der Waals surface area contributed by atoms with Crippen LogP contribution in [0.4, 0.5) is 5.69 Å². The van der Waals surface area contributed by atoms with Crippen molar-refractivity contribution in [3.05, 3.63) is 105 Å². The van der Waals surface area contributed by atoms with Crippen LogP contribution in [-0.2, 0) is 13.0 Å². The molecule has 4 aromatic rings. The minimum absolute atomic E-state index is 0.0790. The molecule has 1 N–H and O–H groups in total. The van der Waals surface area contributed by atoms with E-state index < -0.39 is 5.91 Å². The number of nitrogens with one attached hydrogen (secondary N) is 1. The van der Waals surface area contributed by atoms with Crippen LogP contribution in [0.3, 0.4) is 0 Å². The van der Waals surface area contributed by atoms with Gasteiger partial charge in [0.25, 0.3) is 11.5 Å². The SMILES string of the molecule is CCc1ccccc1NC(=O)c1cc2cccnc2n(Cc2ccc(Cl)cc2)c1=O. The van der Waals surface area contributed by atoms with Crippen LogP contribution < -0.4 is 10.9 Å². The number of hydrogen-bond acceptors (Lipinski definition) is 3. The van der Waals surface area contributed by atoms with Gasteiger partial charge in [0.2, 0.25) is 0 Å². The highest BCUT2D eigenvalue weighted by Gasteiger charge is 2.17. The largest absolute Gasteiger partial charge is 0.322 e. The van der Waals surface area contributed by atoms with Crippen LogP contribution in [0, 0.1) is 0 Å². The first-order chi connectivity index (χ1) is 14.6. The van der Waals surface area contributed by atoms with Crippen molar-refractivity contribution >= 4 is 34.2 Å². The predicted molar refractivity (Wildman–Crippen MR) is 120 cm³/mol. The summed E-state index contributed by atoms with van der Waals surface area (Å²) in [7, 11) is 0. The molecule has 2 aromatic carbocycles. The summed E-state index contributed by atoms with van der Waals surface area (Å²) >= 11 is 5.98. The van der Waals surface area contributed by atoms with Crippen LogP contribution >= 0.6 is 11.6 Å². The Kier molecular flexibility index (Phi) is 5.63. The summed E-state index contributed by atoms with van der Waals surface area (Å²) in [5.74, 6) is -0.434. The third-order valence-corrected chi connectivity index (χ3v) is 5.24. The number of aromatic nitrogens is 2. The molecular formula is C24H20ClN3O2. The summed E-state index contributed by atoms with van der Waals surface area (Å²) < 4.78 is 1.53. The molecule has 30 heavy (non-hydrogen) atoms. The highest BCUT2D eigenvalue weighted by Crippen LogP contribution is 2.18. The molecule has 0 aliphatic carbocycles. The highest BCUT2D eigenvalue weighted by molar-refractivity contribution is 6.30. The summed E-state index contributed by atoms with van der Waals surface area (Å²) in [6.45, 7) is 2.31. The number of amides is 1. The molecule has 5 nitrogen and oxygen atoms in total. The van der Waals surface area contributed by atoms with Gasteiger partial charge < -0.3 is 5.32 Å². The Balaban J connectivity index is 1.78. The fourth-order valence-electron chi connectivity index (χ4n) is 3.43. The second-order valence-electron chi connectivity index (χ2n) is 6.96. The van der Waals surface area contributed by atoms with Crippen molar-refractivity contribution in [3.63, 3.8) is 0 Å². The Morgan fingerprint density at radius 1 is 1.07 bits per heavy atom. The smallest absolute Gasteiger partial charge is 0.265 e. The Morgan fingerprint density at radius 3 is 2.60 bits per heavy atom. The molecule has 150 valence electrons. The van der Waals surface area contributed by atoms with Gasteiger partial charge in [-0.2, -0.15) is 0 Å². The molecule has 0 aliphatic heterocycles. The number of pyridine rings is 2. The van der Waals surface area contributed by atoms with Gasteiger partial charge in [-0.1, -0.05) is 48.9 Å². The number of para-hydroxylation sites is 1. The molecule has 0 unspecified atom stereocenters. The lowest BCUT2D eigenvalue weighted by Gasteiger charge is -2.13. The van der Waals surface area contributed by atoms with Gasteiger partial charge in [0.15, 0.2) is 0 Å². The molecule has 0 fully saturated rings. The van der Waals surface area contributed by atoms with Gasteiger partial charge in [-0.3, -0.25) is 14.2 Å². The van der Waals surface area contributed by atoms with E-state index >= 15 is 0 Å². The van der Waals surface area contributed by atoms with Crippen molar-refractivity contribution in [1.82, 2.24) is 9.55 Å². The minimum atomic E-state index is -0.434. The number of benzene rings is 2. The summed E-state index contributed by atoms with van der Waals surface area (Å²) in [4.78, 5) is 30.7. The molecular weight excluding hydrogens is 398 g/mol. The van der Waals surface area contributed by atoms with Gasteiger partial charge in [0.1, 0.15) is 11.2 Å². The number of nitrogens with zero attached hydrogens (tertiary/aromatic N) is 2. The lowest BCUT2D eigenvalue weighted by atomic mass is 10.1. The fourth-order valence-corrected chi connectivity index (χ4v) is 3.55. The summed E-state index contributed by atoms with van der Waals surface area (Å²) in [6.07, 6.45) is 2.41. The predicted octanol–water partition coefficient (Wildman–Crippen LogP) is 4.91. The third kappa shape index (κ3) is 3.98. The first-order valence-electron chi connectivity index (χ1n) is 9.69. The van der Waals surface area contributed by atoms with E-state index in [1.54, 1.807) is 30.5 Å². The van der Waals surface area contributed by atoms with Gasteiger partial charge in [0.05, 0.1) is 6.54 Å². The molecule has 2 aromatic heterocycles. The maximum atomic E-state index is 13.3. The molecule has 6 heteroatoms. The van der Waals surface area contributed by atoms with Crippen LogP contribution in [-0.4, -0.2) is 15.5 Å². The van der Waals surface area contributed by atoms with Crippen LogP contribution in [0.5, 0.6) is 0 Å². The standard InChI is InChI=1S/C24H20ClN3O2/c1-2-17-6-3-4-8-21(17)27-23(29)20-14-18-7-5-13-26-22(18)28(24(20)30)15-16-9-11-19(25)12-10-16/h3-14H,2,15H2,1H3,(H,27,29). The number of anilines is 1. The Labute approximate surface area is 179 Å². The fraction of sp³-hybridized carbons (Fsp3) is 0.125. The topological polar surface area (TPSA) is 64.0 Å². The number of fused-ring (bicyclic) bond motifs is 1. The molecule has 1 amide bonds. The maximum absolute atomic E-state index is 13.3. The van der Waals surface area contributed by atoms with Gasteiger partial charge in [-0.05, 0) is 53.9 Å². The second-order valence-corrected chi connectivity index (χ2v) is 7.39. The quantitative estimate of drug-likeness (QED) is 0.501. The van der Waals surface area contributed by atoms with E-state index in [2.05, 4.69) is 10.3 Å². The van der Waals surface area contributed by atoms with Crippen molar-refractivity contribution in [1.29, 1.82) is 0 Å². The number of hydrogen-bond donors (Lipinski definition) is 1. The zero-order valence-corrected chi connectivity index (χ0v) is 17.2. The van der Waals surface area contributed by atoms with Crippen LogP contribution in [0.1, 0.15) is 28.4 Å². The van der Waals surface area contributed by atoms with Gasteiger partial charge in [0, 0.05) is 22.3 Å². The average molecular weight is 418 g/mol. The third-order valence-electron chi connectivity index (χ3n) is 4.99. The number of halogens is 1. The molecule has 0 saturated heterocycles. The zero-order valence-electron chi connectivity index (χ0n) is 16.4. The second kappa shape index (κ2) is 8.51. The highest BCUT2D eigenvalue weighted by atomic mass is 35.5. The monoisotopic (exact) mass is 417 g/mol. The van der Waals surface area contributed by atoms with Crippen LogP contribution in [0.2, 0.25) is 5.02 Å². The van der Waals surface area contributed by atoms with Crippen molar-refractivity contribution < 1.29 is 4.79 Å². The molecule has 0 saturated carbocycles. The van der Waals surface area contributed by atoms with E-state index in [-0.39, 0.29) is 17.7 Å². The van der Waals surface area contributed by atoms with Crippen molar-refractivity contribution in [2.45, 2.75) is 19.9 Å².